The normalized spacial score (nSPS) is 11.1. The van der Waals surface area contributed by atoms with Crippen LogP contribution in [-0.2, 0) is 13.1 Å². The van der Waals surface area contributed by atoms with E-state index in [1.165, 1.54) is 10.6 Å². The summed E-state index contributed by atoms with van der Waals surface area (Å²) >= 11 is 6.33. The molecule has 4 aromatic rings. The van der Waals surface area contributed by atoms with Crippen molar-refractivity contribution in [1.29, 1.82) is 0 Å². The number of nitrogens with zero attached hydrogens (tertiary/aromatic N) is 2. The first-order chi connectivity index (χ1) is 16.3. The Balaban J connectivity index is 1.83. The highest BCUT2D eigenvalue weighted by Gasteiger charge is 2.20. The minimum Gasteiger partial charge on any atom is -0.423 e. The molecule has 0 unspecified atom stereocenters. The molecule has 0 atom stereocenters. The van der Waals surface area contributed by atoms with E-state index in [9.17, 15) is 14.4 Å². The highest BCUT2D eigenvalue weighted by Crippen LogP contribution is 2.27. The maximum absolute atomic E-state index is 12.9. The van der Waals surface area contributed by atoms with E-state index in [1.807, 2.05) is 44.2 Å². The van der Waals surface area contributed by atoms with E-state index in [0.29, 0.717) is 34.5 Å². The SMILES string of the molecule is CCCN(Cc1cc(=O)oc2cc(C)c(Cl)cc12)c1c(N)n(Cc2ccccc2)c(=O)[nH]c1=O. The van der Waals surface area contributed by atoms with Gasteiger partial charge in [0.15, 0.2) is 0 Å². The van der Waals surface area contributed by atoms with Crippen molar-refractivity contribution >= 4 is 34.1 Å². The minimum absolute atomic E-state index is 0.0622. The van der Waals surface area contributed by atoms with Gasteiger partial charge in [0.05, 0.1) is 6.54 Å². The number of halogens is 1. The van der Waals surface area contributed by atoms with Gasteiger partial charge in [0.1, 0.15) is 17.1 Å². The number of anilines is 2. The number of nitrogen functional groups attached to an aromatic ring is 1. The molecule has 176 valence electrons. The predicted octanol–water partition coefficient (Wildman–Crippen LogP) is 3.65. The molecule has 4 rings (SSSR count). The third-order valence-electron chi connectivity index (χ3n) is 5.68. The number of benzene rings is 2. The first-order valence-electron chi connectivity index (χ1n) is 10.9. The van der Waals surface area contributed by atoms with Gasteiger partial charge >= 0.3 is 11.3 Å². The molecular weight excluding hydrogens is 456 g/mol. The van der Waals surface area contributed by atoms with Crippen LogP contribution in [0.15, 0.2) is 67.3 Å². The van der Waals surface area contributed by atoms with Crippen LogP contribution in [0.1, 0.15) is 30.0 Å². The van der Waals surface area contributed by atoms with E-state index in [0.717, 1.165) is 11.1 Å². The first kappa shape index (κ1) is 23.4. The molecule has 0 bridgehead atoms. The van der Waals surface area contributed by atoms with Gasteiger partial charge in [0, 0.05) is 29.6 Å². The van der Waals surface area contributed by atoms with Gasteiger partial charge in [-0.25, -0.2) is 9.59 Å². The van der Waals surface area contributed by atoms with Crippen molar-refractivity contribution in [3.8, 4) is 0 Å². The maximum Gasteiger partial charge on any atom is 0.336 e. The Bertz CT molecular complexity index is 1520. The summed E-state index contributed by atoms with van der Waals surface area (Å²) in [5.74, 6) is 0.0622. The lowest BCUT2D eigenvalue weighted by Gasteiger charge is -2.26. The van der Waals surface area contributed by atoms with Crippen LogP contribution in [0.4, 0.5) is 11.5 Å². The van der Waals surface area contributed by atoms with E-state index < -0.39 is 16.9 Å². The van der Waals surface area contributed by atoms with Crippen molar-refractivity contribution in [2.75, 3.05) is 17.2 Å². The van der Waals surface area contributed by atoms with Crippen molar-refractivity contribution in [2.24, 2.45) is 0 Å². The topological polar surface area (TPSA) is 114 Å². The monoisotopic (exact) mass is 480 g/mol. The molecular formula is C25H25ClN4O4. The zero-order valence-electron chi connectivity index (χ0n) is 18.9. The van der Waals surface area contributed by atoms with E-state index >= 15 is 0 Å². The van der Waals surface area contributed by atoms with Gasteiger partial charge < -0.3 is 15.1 Å². The third kappa shape index (κ3) is 4.63. The van der Waals surface area contributed by atoms with Gasteiger partial charge in [-0.3, -0.25) is 14.3 Å². The fourth-order valence-corrected chi connectivity index (χ4v) is 4.19. The smallest absolute Gasteiger partial charge is 0.336 e. The Hall–Kier alpha value is -3.78. The van der Waals surface area contributed by atoms with Crippen molar-refractivity contribution in [2.45, 2.75) is 33.4 Å². The zero-order chi connectivity index (χ0) is 24.4. The molecule has 0 saturated carbocycles. The second-order valence-corrected chi connectivity index (χ2v) is 8.58. The Morgan fingerprint density at radius 1 is 1.12 bits per heavy atom. The van der Waals surface area contributed by atoms with Gasteiger partial charge in [0.2, 0.25) is 0 Å². The maximum atomic E-state index is 12.9. The number of H-pyrrole nitrogens is 1. The van der Waals surface area contributed by atoms with Crippen LogP contribution < -0.4 is 27.5 Å². The Morgan fingerprint density at radius 3 is 2.56 bits per heavy atom. The number of hydrogen-bond donors (Lipinski definition) is 2. The van der Waals surface area contributed by atoms with Crippen LogP contribution in [0.25, 0.3) is 11.0 Å². The van der Waals surface area contributed by atoms with Crippen molar-refractivity contribution in [3.63, 3.8) is 0 Å². The van der Waals surface area contributed by atoms with E-state index in [4.69, 9.17) is 21.8 Å². The van der Waals surface area contributed by atoms with E-state index in [2.05, 4.69) is 4.98 Å². The molecule has 3 N–H and O–H groups in total. The third-order valence-corrected chi connectivity index (χ3v) is 6.09. The Labute approximate surface area is 200 Å². The molecule has 2 heterocycles. The molecule has 2 aromatic heterocycles. The number of aryl methyl sites for hydroxylation is 1. The van der Waals surface area contributed by atoms with Crippen LogP contribution >= 0.6 is 11.6 Å². The van der Waals surface area contributed by atoms with Crippen LogP contribution in [0.3, 0.4) is 0 Å². The predicted molar refractivity (Wildman–Crippen MR) is 135 cm³/mol. The fourth-order valence-electron chi connectivity index (χ4n) is 4.03. The molecule has 0 saturated heterocycles. The number of nitrogens with one attached hydrogen (secondary N) is 1. The number of aromatic amines is 1. The molecule has 9 heteroatoms. The van der Waals surface area contributed by atoms with Gasteiger partial charge in [-0.15, -0.1) is 0 Å². The lowest BCUT2D eigenvalue weighted by molar-refractivity contribution is 0.558. The summed E-state index contributed by atoms with van der Waals surface area (Å²) in [6, 6.07) is 14.2. The zero-order valence-corrected chi connectivity index (χ0v) is 19.7. The summed E-state index contributed by atoms with van der Waals surface area (Å²) in [5.41, 5.74) is 7.62. The summed E-state index contributed by atoms with van der Waals surface area (Å²) in [6.45, 7) is 4.68. The second kappa shape index (κ2) is 9.61. The van der Waals surface area contributed by atoms with Crippen molar-refractivity contribution in [3.05, 3.63) is 102 Å². The molecule has 0 amide bonds. The average Bonchev–Trinajstić information content (AvgIpc) is 2.78. The number of rotatable bonds is 7. The molecule has 8 nitrogen and oxygen atoms in total. The summed E-state index contributed by atoms with van der Waals surface area (Å²) in [7, 11) is 0. The minimum atomic E-state index is -0.584. The van der Waals surface area contributed by atoms with Gasteiger partial charge in [-0.05, 0) is 42.2 Å². The molecule has 0 aliphatic heterocycles. The highest BCUT2D eigenvalue weighted by atomic mass is 35.5. The number of hydrogen-bond acceptors (Lipinski definition) is 6. The van der Waals surface area contributed by atoms with Crippen LogP contribution in [-0.4, -0.2) is 16.1 Å². The highest BCUT2D eigenvalue weighted by molar-refractivity contribution is 6.32. The number of fused-ring (bicyclic) bond motifs is 1. The molecule has 0 fully saturated rings. The lowest BCUT2D eigenvalue weighted by Crippen LogP contribution is -2.38. The van der Waals surface area contributed by atoms with Crippen molar-refractivity contribution in [1.82, 2.24) is 9.55 Å². The van der Waals surface area contributed by atoms with E-state index in [1.54, 1.807) is 17.0 Å². The Kier molecular flexibility index (Phi) is 6.61. The molecule has 0 aliphatic rings. The second-order valence-electron chi connectivity index (χ2n) is 8.17. The van der Waals surface area contributed by atoms with Gasteiger partial charge in [-0.2, -0.15) is 0 Å². The van der Waals surface area contributed by atoms with E-state index in [-0.39, 0.29) is 24.6 Å². The quantitative estimate of drug-likeness (QED) is 0.390. The van der Waals surface area contributed by atoms with Gasteiger partial charge in [-0.1, -0.05) is 48.9 Å². The summed E-state index contributed by atoms with van der Waals surface area (Å²) < 4.78 is 6.70. The Morgan fingerprint density at radius 2 is 1.85 bits per heavy atom. The number of aromatic nitrogens is 2. The summed E-state index contributed by atoms with van der Waals surface area (Å²) in [4.78, 5) is 41.9. The molecule has 2 aromatic carbocycles. The van der Waals surface area contributed by atoms with Crippen LogP contribution in [0, 0.1) is 6.92 Å². The van der Waals surface area contributed by atoms with Crippen LogP contribution in [0.5, 0.6) is 0 Å². The van der Waals surface area contributed by atoms with Crippen LogP contribution in [0.2, 0.25) is 5.02 Å². The summed E-state index contributed by atoms with van der Waals surface area (Å²) in [5, 5.41) is 1.21. The lowest BCUT2D eigenvalue weighted by atomic mass is 10.1. The number of nitrogens with two attached hydrogens (primary N) is 1. The summed E-state index contributed by atoms with van der Waals surface area (Å²) in [6.07, 6.45) is 0.704. The molecule has 0 aliphatic carbocycles. The largest absolute Gasteiger partial charge is 0.423 e. The van der Waals surface area contributed by atoms with Crippen molar-refractivity contribution < 1.29 is 4.42 Å². The standard InChI is InChI=1S/C25H25ClN4O4/c1-3-9-29(14-17-11-21(31)34-20-10-15(2)19(26)12-18(17)20)22-23(27)30(25(33)28-24(22)32)13-16-7-5-4-6-8-16/h4-8,10-12H,3,9,13-14,27H2,1-2H3,(H,28,32,33). The van der Waals surface area contributed by atoms with Gasteiger partial charge in [0.25, 0.3) is 5.56 Å². The first-order valence-corrected chi connectivity index (χ1v) is 11.3. The molecule has 0 spiro atoms. The fraction of sp³-hybridized carbons (Fsp3) is 0.240. The average molecular weight is 481 g/mol. The molecule has 0 radical (unpaired) electrons. The molecule has 34 heavy (non-hydrogen) atoms.